The Morgan fingerprint density at radius 1 is 1.20 bits per heavy atom. The molecule has 20 heavy (non-hydrogen) atoms. The molecule has 0 N–H and O–H groups in total. The zero-order valence-electron chi connectivity index (χ0n) is 11.4. The molecule has 0 spiro atoms. The maximum atomic E-state index is 14.1. The minimum absolute atomic E-state index is 0.139. The molecule has 4 heteroatoms. The summed E-state index contributed by atoms with van der Waals surface area (Å²) in [5.41, 5.74) is 0.200. The average Bonchev–Trinajstić information content (AvgIpc) is 2.49. The number of nitrogens with zero attached hydrogens (tertiary/aromatic N) is 1. The topological polar surface area (TPSA) is 20.3 Å². The fourth-order valence-corrected chi connectivity index (χ4v) is 4.07. The highest BCUT2D eigenvalue weighted by molar-refractivity contribution is 9.10. The van der Waals surface area contributed by atoms with E-state index in [4.69, 9.17) is 0 Å². The number of hydrogen-bond donors (Lipinski definition) is 0. The Labute approximate surface area is 127 Å². The Morgan fingerprint density at radius 2 is 1.95 bits per heavy atom. The highest BCUT2D eigenvalue weighted by Crippen LogP contribution is 2.36. The van der Waals surface area contributed by atoms with E-state index in [-0.39, 0.29) is 11.5 Å². The van der Waals surface area contributed by atoms with Gasteiger partial charge in [0.05, 0.1) is 10.0 Å². The smallest absolute Gasteiger partial charge is 0.257 e. The molecule has 3 rings (SSSR count). The normalized spacial score (nSPS) is 26.2. The molecule has 1 amide bonds. The minimum atomic E-state index is -0.435. The lowest BCUT2D eigenvalue weighted by molar-refractivity contribution is 0.0386. The van der Waals surface area contributed by atoms with Gasteiger partial charge in [-0.15, -0.1) is 0 Å². The second kappa shape index (κ2) is 5.84. The summed E-state index contributed by atoms with van der Waals surface area (Å²) in [6, 6.07) is 5.27. The lowest BCUT2D eigenvalue weighted by atomic mass is 9.78. The second-order valence-corrected chi connectivity index (χ2v) is 6.71. The molecule has 0 radical (unpaired) electrons. The van der Waals surface area contributed by atoms with E-state index in [2.05, 4.69) is 15.9 Å². The first-order chi connectivity index (χ1) is 9.68. The number of rotatable bonds is 1. The van der Waals surface area contributed by atoms with Crippen LogP contribution in [-0.4, -0.2) is 23.4 Å². The molecule has 1 aromatic carbocycles. The number of benzene rings is 1. The number of carbonyl (C=O) groups excluding carboxylic acids is 1. The van der Waals surface area contributed by atoms with Crippen LogP contribution in [-0.2, 0) is 0 Å². The molecule has 1 aliphatic carbocycles. The first-order valence-electron chi connectivity index (χ1n) is 7.43. The van der Waals surface area contributed by atoms with Crippen molar-refractivity contribution >= 4 is 21.8 Å². The van der Waals surface area contributed by atoms with Crippen LogP contribution in [0.3, 0.4) is 0 Å². The van der Waals surface area contributed by atoms with Gasteiger partial charge in [0.25, 0.3) is 5.91 Å². The first kappa shape index (κ1) is 14.1. The van der Waals surface area contributed by atoms with E-state index in [1.807, 2.05) is 4.90 Å². The number of carbonyl (C=O) groups is 1. The lowest BCUT2D eigenvalue weighted by Gasteiger charge is -2.44. The van der Waals surface area contributed by atoms with Crippen LogP contribution in [0, 0.1) is 11.7 Å². The third-order valence-corrected chi connectivity index (χ3v) is 5.30. The molecule has 2 aliphatic rings. The number of amides is 1. The quantitative estimate of drug-likeness (QED) is 0.743. The molecule has 108 valence electrons. The minimum Gasteiger partial charge on any atom is -0.335 e. The van der Waals surface area contributed by atoms with E-state index in [0.29, 0.717) is 16.4 Å². The fraction of sp³-hybridized carbons (Fsp3) is 0.562. The van der Waals surface area contributed by atoms with E-state index in [1.165, 1.54) is 25.7 Å². The Kier molecular flexibility index (Phi) is 4.11. The van der Waals surface area contributed by atoms with Gasteiger partial charge in [0.2, 0.25) is 0 Å². The molecular formula is C16H19BrFNO. The summed E-state index contributed by atoms with van der Waals surface area (Å²) in [7, 11) is 0. The van der Waals surface area contributed by atoms with Gasteiger partial charge in [-0.2, -0.15) is 0 Å². The third kappa shape index (κ3) is 2.50. The van der Waals surface area contributed by atoms with Crippen molar-refractivity contribution < 1.29 is 9.18 Å². The highest BCUT2D eigenvalue weighted by Gasteiger charge is 2.36. The van der Waals surface area contributed by atoms with Crippen LogP contribution >= 0.6 is 15.9 Å². The van der Waals surface area contributed by atoms with Crippen LogP contribution in [0.2, 0.25) is 0 Å². The van der Waals surface area contributed by atoms with Crippen molar-refractivity contribution in [2.45, 2.75) is 44.6 Å². The predicted octanol–water partition coefficient (Wildman–Crippen LogP) is 4.38. The van der Waals surface area contributed by atoms with Crippen molar-refractivity contribution in [3.8, 4) is 0 Å². The maximum Gasteiger partial charge on any atom is 0.257 e. The van der Waals surface area contributed by atoms with Gasteiger partial charge < -0.3 is 4.90 Å². The van der Waals surface area contributed by atoms with Gasteiger partial charge in [-0.3, -0.25) is 4.79 Å². The van der Waals surface area contributed by atoms with E-state index in [9.17, 15) is 9.18 Å². The van der Waals surface area contributed by atoms with Gasteiger partial charge in [-0.25, -0.2) is 4.39 Å². The number of piperidine rings is 1. The van der Waals surface area contributed by atoms with E-state index in [0.717, 1.165) is 19.4 Å². The summed E-state index contributed by atoms with van der Waals surface area (Å²) in [6.07, 6.45) is 7.01. The van der Waals surface area contributed by atoms with Crippen molar-refractivity contribution in [1.29, 1.82) is 0 Å². The predicted molar refractivity (Wildman–Crippen MR) is 80.1 cm³/mol. The molecule has 0 aromatic heterocycles. The molecule has 2 atom stereocenters. The summed E-state index contributed by atoms with van der Waals surface area (Å²) in [6.45, 7) is 0.770. The molecule has 1 aliphatic heterocycles. The Morgan fingerprint density at radius 3 is 2.80 bits per heavy atom. The molecule has 2 nitrogen and oxygen atoms in total. The van der Waals surface area contributed by atoms with Crippen molar-refractivity contribution in [1.82, 2.24) is 4.90 Å². The van der Waals surface area contributed by atoms with Crippen molar-refractivity contribution in [3.63, 3.8) is 0 Å². The Balaban J connectivity index is 1.87. The van der Waals surface area contributed by atoms with Gasteiger partial charge in [0.1, 0.15) is 5.82 Å². The molecular weight excluding hydrogens is 321 g/mol. The third-order valence-electron chi connectivity index (χ3n) is 4.69. The van der Waals surface area contributed by atoms with Gasteiger partial charge in [0, 0.05) is 12.6 Å². The second-order valence-electron chi connectivity index (χ2n) is 5.85. The van der Waals surface area contributed by atoms with Crippen LogP contribution in [0.1, 0.15) is 48.9 Å². The first-order valence-corrected chi connectivity index (χ1v) is 8.23. The van der Waals surface area contributed by atoms with Gasteiger partial charge >= 0.3 is 0 Å². The summed E-state index contributed by atoms with van der Waals surface area (Å²) in [4.78, 5) is 14.6. The number of hydrogen-bond acceptors (Lipinski definition) is 1. The molecule has 1 saturated carbocycles. The summed E-state index contributed by atoms with van der Waals surface area (Å²) < 4.78 is 14.5. The number of fused-ring (bicyclic) bond motifs is 1. The maximum absolute atomic E-state index is 14.1. The van der Waals surface area contributed by atoms with Crippen molar-refractivity contribution in [2.75, 3.05) is 6.54 Å². The van der Waals surface area contributed by atoms with E-state index in [1.54, 1.807) is 18.2 Å². The molecule has 0 unspecified atom stereocenters. The van der Waals surface area contributed by atoms with Crippen LogP contribution in [0.15, 0.2) is 22.7 Å². The van der Waals surface area contributed by atoms with Crippen LogP contribution in [0.25, 0.3) is 0 Å². The molecule has 1 aromatic rings. The summed E-state index contributed by atoms with van der Waals surface area (Å²) in [5.74, 6) is 0.0486. The summed E-state index contributed by atoms with van der Waals surface area (Å²) >= 11 is 3.16. The van der Waals surface area contributed by atoms with Gasteiger partial charge in [0.15, 0.2) is 0 Å². The number of halogens is 2. The van der Waals surface area contributed by atoms with Crippen LogP contribution in [0.5, 0.6) is 0 Å². The van der Waals surface area contributed by atoms with E-state index < -0.39 is 5.82 Å². The summed E-state index contributed by atoms with van der Waals surface area (Å²) in [5, 5.41) is 0. The lowest BCUT2D eigenvalue weighted by Crippen LogP contribution is -2.49. The fourth-order valence-electron chi connectivity index (χ4n) is 3.70. The van der Waals surface area contributed by atoms with Crippen LogP contribution in [0.4, 0.5) is 4.39 Å². The van der Waals surface area contributed by atoms with Crippen molar-refractivity contribution in [3.05, 3.63) is 34.1 Å². The Bertz CT molecular complexity index is 517. The standard InChI is InChI=1S/C16H19BrFNO/c17-13-8-3-7-12(15(13)18)16(20)19-10-4-6-11-5-1-2-9-14(11)19/h3,7-8,11,14H,1-2,4-6,9-10H2/t11-,14-/m1/s1. The number of likely N-dealkylation sites (tertiary alicyclic amines) is 1. The monoisotopic (exact) mass is 339 g/mol. The van der Waals surface area contributed by atoms with Crippen LogP contribution < -0.4 is 0 Å². The highest BCUT2D eigenvalue weighted by atomic mass is 79.9. The van der Waals surface area contributed by atoms with E-state index >= 15 is 0 Å². The molecule has 2 fully saturated rings. The largest absolute Gasteiger partial charge is 0.335 e. The molecule has 1 saturated heterocycles. The average molecular weight is 340 g/mol. The SMILES string of the molecule is O=C(c1cccc(Br)c1F)N1CCC[C@H]2CCCC[C@H]21. The molecule has 0 bridgehead atoms. The van der Waals surface area contributed by atoms with Gasteiger partial charge in [-0.1, -0.05) is 18.9 Å². The zero-order valence-corrected chi connectivity index (χ0v) is 13.0. The molecule has 1 heterocycles. The van der Waals surface area contributed by atoms with Gasteiger partial charge in [-0.05, 0) is 59.7 Å². The van der Waals surface area contributed by atoms with Crippen molar-refractivity contribution in [2.24, 2.45) is 5.92 Å². The Hall–Kier alpha value is -0.900. The zero-order chi connectivity index (χ0) is 14.1.